The molecule has 1 aromatic carbocycles. The number of nitrogens with one attached hydrogen (secondary N) is 1. The van der Waals surface area contributed by atoms with Crippen LogP contribution in [0, 0.1) is 12.8 Å². The van der Waals surface area contributed by atoms with Gasteiger partial charge in [-0.1, -0.05) is 17.7 Å². The first-order valence-electron chi connectivity index (χ1n) is 7.82. The van der Waals surface area contributed by atoms with Gasteiger partial charge in [0.2, 0.25) is 11.8 Å². The van der Waals surface area contributed by atoms with E-state index in [1.165, 1.54) is 0 Å². The maximum absolute atomic E-state index is 12.5. The number of carbonyl (C=O) groups is 2. The van der Waals surface area contributed by atoms with Crippen molar-refractivity contribution in [2.24, 2.45) is 5.92 Å². The quantitative estimate of drug-likeness (QED) is 0.876. The molecule has 0 bridgehead atoms. The molecule has 0 saturated carbocycles. The van der Waals surface area contributed by atoms with Gasteiger partial charge in [-0.3, -0.25) is 9.59 Å². The molecule has 2 saturated heterocycles. The van der Waals surface area contributed by atoms with Crippen LogP contribution in [-0.2, 0) is 19.4 Å². The molecule has 3 rings (SSSR count). The Bertz CT molecular complexity index is 793. The topological polar surface area (TPSA) is 83.6 Å². The molecule has 0 aromatic heterocycles. The number of sulfone groups is 1. The van der Waals surface area contributed by atoms with E-state index < -0.39 is 15.8 Å². The Morgan fingerprint density at radius 3 is 2.79 bits per heavy atom. The number of anilines is 1. The molecule has 2 aliphatic rings. The number of halogens is 1. The van der Waals surface area contributed by atoms with Crippen molar-refractivity contribution < 1.29 is 18.0 Å². The molecule has 24 heavy (non-hydrogen) atoms. The Morgan fingerprint density at radius 2 is 2.12 bits per heavy atom. The fraction of sp³-hybridized carbons (Fsp3) is 0.500. The predicted octanol–water partition coefficient (Wildman–Crippen LogP) is 1.62. The number of carbonyl (C=O) groups excluding carboxylic acids is 2. The smallest absolute Gasteiger partial charge is 0.229 e. The van der Waals surface area contributed by atoms with Crippen molar-refractivity contribution in [1.82, 2.24) is 4.90 Å². The number of hydrogen-bond donors (Lipinski definition) is 1. The lowest BCUT2D eigenvalue weighted by Gasteiger charge is -2.23. The maximum Gasteiger partial charge on any atom is 0.229 e. The van der Waals surface area contributed by atoms with Crippen LogP contribution in [0.1, 0.15) is 18.4 Å². The summed E-state index contributed by atoms with van der Waals surface area (Å²) in [5.41, 5.74) is 1.51. The van der Waals surface area contributed by atoms with Gasteiger partial charge in [-0.05, 0) is 31.0 Å². The second-order valence-corrected chi connectivity index (χ2v) is 9.12. The third-order valence-electron chi connectivity index (χ3n) is 4.64. The van der Waals surface area contributed by atoms with E-state index in [2.05, 4.69) is 5.32 Å². The lowest BCUT2D eigenvalue weighted by atomic mass is 10.1. The lowest BCUT2D eigenvalue weighted by Crippen LogP contribution is -2.38. The number of benzene rings is 1. The van der Waals surface area contributed by atoms with E-state index in [-0.39, 0.29) is 42.3 Å². The zero-order valence-electron chi connectivity index (χ0n) is 13.3. The van der Waals surface area contributed by atoms with Crippen LogP contribution in [-0.4, -0.2) is 49.2 Å². The molecular weight excluding hydrogens is 352 g/mol. The molecule has 2 unspecified atom stereocenters. The van der Waals surface area contributed by atoms with Gasteiger partial charge in [0.25, 0.3) is 0 Å². The van der Waals surface area contributed by atoms with Gasteiger partial charge in [0.15, 0.2) is 9.84 Å². The largest absolute Gasteiger partial charge is 0.338 e. The summed E-state index contributed by atoms with van der Waals surface area (Å²) in [4.78, 5) is 26.2. The van der Waals surface area contributed by atoms with Crippen molar-refractivity contribution in [3.63, 3.8) is 0 Å². The Balaban J connectivity index is 1.67. The van der Waals surface area contributed by atoms with Crippen LogP contribution in [0.4, 0.5) is 5.69 Å². The van der Waals surface area contributed by atoms with Crippen molar-refractivity contribution >= 4 is 38.9 Å². The third kappa shape index (κ3) is 3.57. The molecule has 6 nitrogen and oxygen atoms in total. The molecule has 1 aromatic rings. The second kappa shape index (κ2) is 6.37. The van der Waals surface area contributed by atoms with E-state index in [1.54, 1.807) is 17.0 Å². The van der Waals surface area contributed by atoms with Gasteiger partial charge in [-0.25, -0.2) is 8.42 Å². The van der Waals surface area contributed by atoms with Gasteiger partial charge in [0.1, 0.15) is 0 Å². The van der Waals surface area contributed by atoms with Crippen molar-refractivity contribution in [2.75, 3.05) is 23.4 Å². The Kier molecular flexibility index (Phi) is 4.57. The summed E-state index contributed by atoms with van der Waals surface area (Å²) in [6, 6.07) is 4.93. The molecule has 2 heterocycles. The molecule has 2 atom stereocenters. The molecule has 2 fully saturated rings. The molecule has 130 valence electrons. The minimum Gasteiger partial charge on any atom is -0.338 e. The van der Waals surface area contributed by atoms with Gasteiger partial charge >= 0.3 is 0 Å². The summed E-state index contributed by atoms with van der Waals surface area (Å²) < 4.78 is 23.2. The van der Waals surface area contributed by atoms with E-state index >= 15 is 0 Å². The minimum atomic E-state index is -3.06. The lowest BCUT2D eigenvalue weighted by molar-refractivity contribution is -0.129. The fourth-order valence-corrected chi connectivity index (χ4v) is 5.15. The first-order chi connectivity index (χ1) is 11.2. The summed E-state index contributed by atoms with van der Waals surface area (Å²) in [6.07, 6.45) is 0.567. The van der Waals surface area contributed by atoms with Gasteiger partial charge in [-0.15, -0.1) is 0 Å². The molecule has 0 spiro atoms. The highest BCUT2D eigenvalue weighted by molar-refractivity contribution is 7.91. The van der Waals surface area contributed by atoms with Crippen LogP contribution >= 0.6 is 11.6 Å². The SMILES string of the molecule is Cc1ccc(Cl)cc1NC(=O)C1CC(=O)N(C2CCS(=O)(=O)C2)C1. The summed E-state index contributed by atoms with van der Waals surface area (Å²) in [5.74, 6) is -0.753. The molecule has 2 aliphatic heterocycles. The van der Waals surface area contributed by atoms with E-state index in [4.69, 9.17) is 11.6 Å². The number of hydrogen-bond acceptors (Lipinski definition) is 4. The normalized spacial score (nSPS) is 25.9. The van der Waals surface area contributed by atoms with E-state index in [0.29, 0.717) is 17.1 Å². The Hall–Kier alpha value is -1.60. The van der Waals surface area contributed by atoms with Crippen molar-refractivity contribution in [3.05, 3.63) is 28.8 Å². The highest BCUT2D eigenvalue weighted by Crippen LogP contribution is 2.28. The maximum atomic E-state index is 12.5. The van der Waals surface area contributed by atoms with Gasteiger partial charge in [0, 0.05) is 29.7 Å². The molecule has 0 radical (unpaired) electrons. The average Bonchev–Trinajstić information content (AvgIpc) is 3.05. The van der Waals surface area contributed by atoms with Crippen LogP contribution < -0.4 is 5.32 Å². The monoisotopic (exact) mass is 370 g/mol. The van der Waals surface area contributed by atoms with E-state index in [9.17, 15) is 18.0 Å². The highest BCUT2D eigenvalue weighted by Gasteiger charge is 2.41. The van der Waals surface area contributed by atoms with Gasteiger partial charge in [0.05, 0.1) is 17.4 Å². The predicted molar refractivity (Wildman–Crippen MR) is 91.7 cm³/mol. The molecular formula is C16H19ClN2O4S. The second-order valence-electron chi connectivity index (χ2n) is 6.45. The summed E-state index contributed by atoms with van der Waals surface area (Å²) in [7, 11) is -3.06. The minimum absolute atomic E-state index is 0.000477. The summed E-state index contributed by atoms with van der Waals surface area (Å²) in [5, 5.41) is 3.34. The summed E-state index contributed by atoms with van der Waals surface area (Å²) in [6.45, 7) is 2.13. The first-order valence-corrected chi connectivity index (χ1v) is 10.0. The Morgan fingerprint density at radius 1 is 1.38 bits per heavy atom. The van der Waals surface area contributed by atoms with Crippen molar-refractivity contribution in [2.45, 2.75) is 25.8 Å². The Labute approximate surface area is 146 Å². The third-order valence-corrected chi connectivity index (χ3v) is 6.62. The van der Waals surface area contributed by atoms with Crippen LogP contribution in [0.5, 0.6) is 0 Å². The van der Waals surface area contributed by atoms with E-state index in [1.807, 2.05) is 13.0 Å². The number of rotatable bonds is 3. The van der Waals surface area contributed by atoms with Crippen LogP contribution in [0.3, 0.4) is 0 Å². The number of likely N-dealkylation sites (tertiary alicyclic amines) is 1. The average molecular weight is 371 g/mol. The number of amides is 2. The van der Waals surface area contributed by atoms with Gasteiger partial charge in [-0.2, -0.15) is 0 Å². The summed E-state index contributed by atoms with van der Waals surface area (Å²) >= 11 is 5.95. The van der Waals surface area contributed by atoms with Crippen LogP contribution in [0.2, 0.25) is 5.02 Å². The number of nitrogens with zero attached hydrogens (tertiary/aromatic N) is 1. The highest BCUT2D eigenvalue weighted by atomic mass is 35.5. The zero-order valence-corrected chi connectivity index (χ0v) is 14.9. The zero-order chi connectivity index (χ0) is 17.5. The standard InChI is InChI=1S/C16H19ClN2O4S/c1-10-2-3-12(17)7-14(10)18-16(21)11-6-15(20)19(8-11)13-4-5-24(22,23)9-13/h2-3,7,11,13H,4-6,8-9H2,1H3,(H,18,21). The van der Waals surface area contributed by atoms with E-state index in [0.717, 1.165) is 5.56 Å². The molecule has 1 N–H and O–H groups in total. The van der Waals surface area contributed by atoms with Crippen LogP contribution in [0.15, 0.2) is 18.2 Å². The number of aryl methyl sites for hydroxylation is 1. The van der Waals surface area contributed by atoms with Gasteiger partial charge < -0.3 is 10.2 Å². The van der Waals surface area contributed by atoms with Crippen molar-refractivity contribution in [1.29, 1.82) is 0 Å². The molecule has 8 heteroatoms. The molecule has 0 aliphatic carbocycles. The van der Waals surface area contributed by atoms with Crippen LogP contribution in [0.25, 0.3) is 0 Å². The first kappa shape index (κ1) is 17.2. The van der Waals surface area contributed by atoms with Crippen molar-refractivity contribution in [3.8, 4) is 0 Å². The molecule has 2 amide bonds. The fourth-order valence-electron chi connectivity index (χ4n) is 3.25.